The second-order valence-electron chi connectivity index (χ2n) is 7.21. The molecule has 1 amide bonds. The summed E-state index contributed by atoms with van der Waals surface area (Å²) in [6.07, 6.45) is 4.99. The van der Waals surface area contributed by atoms with Crippen LogP contribution < -0.4 is 5.32 Å². The van der Waals surface area contributed by atoms with E-state index in [4.69, 9.17) is 9.47 Å². The molecule has 1 saturated heterocycles. The molecule has 2 atom stereocenters. The van der Waals surface area contributed by atoms with E-state index in [1.54, 1.807) is 0 Å². The first-order valence-electron chi connectivity index (χ1n) is 9.52. The second-order valence-corrected chi connectivity index (χ2v) is 7.21. The zero-order chi connectivity index (χ0) is 17.5. The number of ether oxygens (including phenoxy) is 2. The van der Waals surface area contributed by atoms with Crippen molar-refractivity contribution in [1.29, 1.82) is 0 Å². The molecule has 5 nitrogen and oxygen atoms in total. The first kappa shape index (κ1) is 18.4. The van der Waals surface area contributed by atoms with Gasteiger partial charge in [0.2, 0.25) is 5.91 Å². The molecule has 1 saturated carbocycles. The maximum Gasteiger partial charge on any atom is 0.250 e. The minimum atomic E-state index is -0.0628. The number of nitrogens with zero attached hydrogens (tertiary/aromatic N) is 1. The summed E-state index contributed by atoms with van der Waals surface area (Å²) in [5.41, 5.74) is 2.03. The summed E-state index contributed by atoms with van der Waals surface area (Å²) >= 11 is 0. The molecule has 3 rings (SSSR count). The Morgan fingerprint density at radius 1 is 1.24 bits per heavy atom. The van der Waals surface area contributed by atoms with Gasteiger partial charge in [-0.15, -0.1) is 0 Å². The van der Waals surface area contributed by atoms with E-state index in [0.717, 1.165) is 50.5 Å². The van der Waals surface area contributed by atoms with Gasteiger partial charge in [0.05, 0.1) is 19.3 Å². The monoisotopic (exact) mass is 346 g/mol. The first-order valence-corrected chi connectivity index (χ1v) is 9.52. The summed E-state index contributed by atoms with van der Waals surface area (Å²) in [6, 6.07) is 8.03. The quantitative estimate of drug-likeness (QED) is 0.860. The number of carbonyl (C=O) groups excluding carboxylic acids is 1. The summed E-state index contributed by atoms with van der Waals surface area (Å²) in [5.74, 6) is 0.488. The van der Waals surface area contributed by atoms with Crippen molar-refractivity contribution in [2.24, 2.45) is 5.92 Å². The van der Waals surface area contributed by atoms with Gasteiger partial charge in [0.1, 0.15) is 6.61 Å². The summed E-state index contributed by atoms with van der Waals surface area (Å²) in [4.78, 5) is 14.7. The highest BCUT2D eigenvalue weighted by Crippen LogP contribution is 2.26. The Labute approximate surface area is 150 Å². The first-order chi connectivity index (χ1) is 12.2. The lowest BCUT2D eigenvalue weighted by Gasteiger charge is -2.28. The van der Waals surface area contributed by atoms with E-state index >= 15 is 0 Å². The standard InChI is InChI=1S/C20H30N2O3/c1-16-6-2-5-9-19(16)25-15-20(23)21-18-8-4-3-7-17(18)14-22-10-12-24-13-11-22/h3-4,7-8,16,19H,2,5-6,9-15H2,1H3,(H,21,23)/t16-,19+/m0/s1. The van der Waals surface area contributed by atoms with Crippen LogP contribution in [0.5, 0.6) is 0 Å². The maximum atomic E-state index is 12.3. The fourth-order valence-corrected chi connectivity index (χ4v) is 3.68. The van der Waals surface area contributed by atoms with Crippen LogP contribution in [0.2, 0.25) is 0 Å². The summed E-state index contributed by atoms with van der Waals surface area (Å²) in [7, 11) is 0. The molecule has 138 valence electrons. The topological polar surface area (TPSA) is 50.8 Å². The van der Waals surface area contributed by atoms with Crippen LogP contribution >= 0.6 is 0 Å². The molecular weight excluding hydrogens is 316 g/mol. The van der Waals surface area contributed by atoms with E-state index in [9.17, 15) is 4.79 Å². The number of hydrogen-bond acceptors (Lipinski definition) is 4. The number of benzene rings is 1. The van der Waals surface area contributed by atoms with E-state index in [1.165, 1.54) is 19.3 Å². The molecular formula is C20H30N2O3. The SMILES string of the molecule is C[C@H]1CCCC[C@H]1OCC(=O)Nc1ccccc1CN1CCOCC1. The molecule has 0 radical (unpaired) electrons. The van der Waals surface area contributed by atoms with E-state index in [-0.39, 0.29) is 18.6 Å². The van der Waals surface area contributed by atoms with Gasteiger partial charge in [-0.1, -0.05) is 38.0 Å². The molecule has 0 unspecified atom stereocenters. The number of rotatable bonds is 6. The number of anilines is 1. The number of hydrogen-bond donors (Lipinski definition) is 1. The lowest BCUT2D eigenvalue weighted by molar-refractivity contribution is -0.124. The van der Waals surface area contributed by atoms with Crippen molar-refractivity contribution < 1.29 is 14.3 Å². The van der Waals surface area contributed by atoms with E-state index in [2.05, 4.69) is 23.2 Å². The Hall–Kier alpha value is -1.43. The smallest absolute Gasteiger partial charge is 0.250 e. The normalized spacial score (nSPS) is 24.8. The van der Waals surface area contributed by atoms with Gasteiger partial charge in [-0.25, -0.2) is 0 Å². The van der Waals surface area contributed by atoms with E-state index in [0.29, 0.717) is 5.92 Å². The van der Waals surface area contributed by atoms with Gasteiger partial charge in [-0.05, 0) is 30.4 Å². The molecule has 1 N–H and O–H groups in total. The van der Waals surface area contributed by atoms with Gasteiger partial charge in [0.15, 0.2) is 0 Å². The Balaban J connectivity index is 1.52. The minimum Gasteiger partial charge on any atom is -0.379 e. The zero-order valence-corrected chi connectivity index (χ0v) is 15.2. The third-order valence-electron chi connectivity index (χ3n) is 5.25. The molecule has 1 aliphatic carbocycles. The molecule has 2 aliphatic rings. The molecule has 2 fully saturated rings. The van der Waals surface area contributed by atoms with Crippen molar-refractivity contribution in [2.75, 3.05) is 38.2 Å². The lowest BCUT2D eigenvalue weighted by atomic mass is 9.88. The Kier molecular flexibility index (Phi) is 6.84. The Morgan fingerprint density at radius 2 is 2.00 bits per heavy atom. The van der Waals surface area contributed by atoms with Crippen molar-refractivity contribution in [3.63, 3.8) is 0 Å². The highest BCUT2D eigenvalue weighted by Gasteiger charge is 2.22. The molecule has 5 heteroatoms. The predicted octanol–water partition coefficient (Wildman–Crippen LogP) is 3.05. The van der Waals surface area contributed by atoms with Gasteiger partial charge in [0, 0.05) is 25.3 Å². The van der Waals surface area contributed by atoms with Crippen LogP contribution in [-0.4, -0.2) is 49.8 Å². The molecule has 0 aromatic heterocycles. The van der Waals surface area contributed by atoms with E-state index in [1.807, 2.05) is 18.2 Å². The number of carbonyl (C=O) groups is 1. The van der Waals surface area contributed by atoms with E-state index < -0.39 is 0 Å². The maximum absolute atomic E-state index is 12.3. The average Bonchev–Trinajstić information content (AvgIpc) is 2.64. The molecule has 0 spiro atoms. The molecule has 1 aliphatic heterocycles. The molecule has 1 aromatic rings. The highest BCUT2D eigenvalue weighted by atomic mass is 16.5. The van der Waals surface area contributed by atoms with Crippen LogP contribution in [0.3, 0.4) is 0 Å². The largest absolute Gasteiger partial charge is 0.379 e. The Morgan fingerprint density at radius 3 is 2.80 bits per heavy atom. The summed E-state index contributed by atoms with van der Waals surface area (Å²) < 4.78 is 11.3. The zero-order valence-electron chi connectivity index (χ0n) is 15.2. The number of para-hydroxylation sites is 1. The van der Waals surface area contributed by atoms with Crippen LogP contribution in [0, 0.1) is 5.92 Å². The van der Waals surface area contributed by atoms with Crippen molar-refractivity contribution in [1.82, 2.24) is 4.90 Å². The third kappa shape index (κ3) is 5.53. The minimum absolute atomic E-state index is 0.0628. The lowest BCUT2D eigenvalue weighted by Crippen LogP contribution is -2.36. The summed E-state index contributed by atoms with van der Waals surface area (Å²) in [6.45, 7) is 6.63. The van der Waals surface area contributed by atoms with Gasteiger partial charge in [-0.3, -0.25) is 9.69 Å². The fourth-order valence-electron chi connectivity index (χ4n) is 3.68. The van der Waals surface area contributed by atoms with Crippen LogP contribution in [0.1, 0.15) is 38.2 Å². The van der Waals surface area contributed by atoms with Crippen molar-refractivity contribution in [2.45, 2.75) is 45.3 Å². The molecule has 1 aromatic carbocycles. The average molecular weight is 346 g/mol. The fraction of sp³-hybridized carbons (Fsp3) is 0.650. The second kappa shape index (κ2) is 9.32. The van der Waals surface area contributed by atoms with Crippen molar-refractivity contribution in [3.8, 4) is 0 Å². The van der Waals surface area contributed by atoms with Crippen LogP contribution in [0.25, 0.3) is 0 Å². The molecule has 0 bridgehead atoms. The van der Waals surface area contributed by atoms with Gasteiger partial charge < -0.3 is 14.8 Å². The number of morpholine rings is 1. The molecule has 1 heterocycles. The van der Waals surface area contributed by atoms with Gasteiger partial charge in [-0.2, -0.15) is 0 Å². The number of amides is 1. The summed E-state index contributed by atoms with van der Waals surface area (Å²) in [5, 5.41) is 3.03. The predicted molar refractivity (Wildman–Crippen MR) is 98.5 cm³/mol. The Bertz CT molecular complexity index is 558. The van der Waals surface area contributed by atoms with Gasteiger partial charge >= 0.3 is 0 Å². The molecule has 25 heavy (non-hydrogen) atoms. The van der Waals surface area contributed by atoms with Crippen LogP contribution in [0.4, 0.5) is 5.69 Å². The van der Waals surface area contributed by atoms with Crippen molar-refractivity contribution >= 4 is 11.6 Å². The van der Waals surface area contributed by atoms with Crippen LogP contribution in [0.15, 0.2) is 24.3 Å². The number of nitrogens with one attached hydrogen (secondary N) is 1. The van der Waals surface area contributed by atoms with Crippen molar-refractivity contribution in [3.05, 3.63) is 29.8 Å². The third-order valence-corrected chi connectivity index (χ3v) is 5.25. The van der Waals surface area contributed by atoms with Crippen LogP contribution in [-0.2, 0) is 20.8 Å². The highest BCUT2D eigenvalue weighted by molar-refractivity contribution is 5.92. The van der Waals surface area contributed by atoms with Gasteiger partial charge in [0.25, 0.3) is 0 Å².